The molecule has 0 unspecified atom stereocenters. The standard InChI is InChI=1S/C24H51Cl2P/c1-4-7-10-13-16-19-22-27(25,26,23-20-17-14-11-8-5-2)24-21-18-15-12-9-6-3/h4-24H2,1-3H3. The predicted molar refractivity (Wildman–Crippen MR) is 133 cm³/mol. The fraction of sp³-hybridized carbons (Fsp3) is 1.00. The van der Waals surface area contributed by atoms with E-state index in [-0.39, 0.29) is 0 Å². The molecular formula is C24H51Cl2P. The van der Waals surface area contributed by atoms with E-state index in [1.807, 2.05) is 0 Å². The zero-order chi connectivity index (χ0) is 20.3. The molecule has 0 nitrogen and oxygen atoms in total. The summed E-state index contributed by atoms with van der Waals surface area (Å²) in [6.45, 7) is 6.85. The van der Waals surface area contributed by atoms with Gasteiger partial charge in [-0.3, -0.25) is 0 Å². The molecule has 0 heterocycles. The van der Waals surface area contributed by atoms with Crippen LogP contribution in [0.25, 0.3) is 0 Å². The van der Waals surface area contributed by atoms with Gasteiger partial charge in [0.05, 0.1) is 0 Å². The van der Waals surface area contributed by atoms with Crippen molar-refractivity contribution >= 4 is 27.8 Å². The van der Waals surface area contributed by atoms with Crippen molar-refractivity contribution in [2.75, 3.05) is 18.5 Å². The van der Waals surface area contributed by atoms with E-state index in [4.69, 9.17) is 22.5 Å². The van der Waals surface area contributed by atoms with Gasteiger partial charge in [-0.2, -0.15) is 0 Å². The predicted octanol–water partition coefficient (Wildman–Crippen LogP) is 10.9. The van der Waals surface area contributed by atoms with Gasteiger partial charge in [0, 0.05) is 0 Å². The molecule has 0 bridgehead atoms. The second-order valence-corrected chi connectivity index (χ2v) is 19.0. The molecule has 0 fully saturated rings. The Balaban J connectivity index is 4.29. The van der Waals surface area contributed by atoms with Gasteiger partial charge in [0.2, 0.25) is 0 Å². The molecule has 0 N–H and O–H groups in total. The van der Waals surface area contributed by atoms with Gasteiger partial charge in [0.25, 0.3) is 0 Å². The van der Waals surface area contributed by atoms with Crippen LogP contribution in [-0.4, -0.2) is 18.5 Å². The van der Waals surface area contributed by atoms with Gasteiger partial charge in [0.15, 0.2) is 0 Å². The maximum atomic E-state index is 7.31. The molecule has 0 rings (SSSR count). The van der Waals surface area contributed by atoms with Crippen LogP contribution in [0.2, 0.25) is 0 Å². The molecule has 166 valence electrons. The molecule has 0 saturated carbocycles. The molecule has 0 atom stereocenters. The van der Waals surface area contributed by atoms with E-state index < -0.39 is 5.31 Å². The van der Waals surface area contributed by atoms with Gasteiger partial charge in [-0.05, 0) is 0 Å². The van der Waals surface area contributed by atoms with Crippen molar-refractivity contribution < 1.29 is 0 Å². The second kappa shape index (κ2) is 17.8. The van der Waals surface area contributed by atoms with Crippen LogP contribution in [0, 0.1) is 0 Å². The van der Waals surface area contributed by atoms with Crippen molar-refractivity contribution in [3.8, 4) is 0 Å². The summed E-state index contributed by atoms with van der Waals surface area (Å²) in [6.07, 6.45) is 27.4. The summed E-state index contributed by atoms with van der Waals surface area (Å²) in [5.41, 5.74) is 0. The molecule has 0 saturated heterocycles. The van der Waals surface area contributed by atoms with Crippen LogP contribution in [0.15, 0.2) is 0 Å². The fourth-order valence-corrected chi connectivity index (χ4v) is 9.59. The van der Waals surface area contributed by atoms with Crippen molar-refractivity contribution in [2.45, 2.75) is 136 Å². The molecule has 0 spiro atoms. The van der Waals surface area contributed by atoms with Crippen LogP contribution in [0.3, 0.4) is 0 Å². The Morgan fingerprint density at radius 1 is 0.370 bits per heavy atom. The van der Waals surface area contributed by atoms with E-state index in [9.17, 15) is 0 Å². The van der Waals surface area contributed by atoms with E-state index in [0.29, 0.717) is 0 Å². The summed E-state index contributed by atoms with van der Waals surface area (Å²) in [4.78, 5) is 0. The minimum absolute atomic E-state index is 1.12. The van der Waals surface area contributed by atoms with Crippen LogP contribution < -0.4 is 0 Å². The SMILES string of the molecule is CCCCCCCCP(Cl)(Cl)(CCCCCCCC)CCCCCCCC. The number of hydrogen-bond donors (Lipinski definition) is 0. The number of hydrogen-bond acceptors (Lipinski definition) is 0. The third-order valence-corrected chi connectivity index (χ3v) is 12.9. The summed E-state index contributed by atoms with van der Waals surface area (Å²) in [5.74, 6) is 0. The fourth-order valence-electron chi connectivity index (χ4n) is 4.04. The molecule has 0 aromatic rings. The molecule has 0 aliphatic rings. The van der Waals surface area contributed by atoms with Gasteiger partial charge in [-0.25, -0.2) is 0 Å². The van der Waals surface area contributed by atoms with Crippen LogP contribution in [-0.2, 0) is 0 Å². The quantitative estimate of drug-likeness (QED) is 0.123. The van der Waals surface area contributed by atoms with E-state index in [1.165, 1.54) is 116 Å². The number of rotatable bonds is 21. The van der Waals surface area contributed by atoms with Gasteiger partial charge >= 0.3 is 183 Å². The van der Waals surface area contributed by atoms with Gasteiger partial charge < -0.3 is 0 Å². The summed E-state index contributed by atoms with van der Waals surface area (Å²) in [6, 6.07) is 0. The van der Waals surface area contributed by atoms with Crippen molar-refractivity contribution in [3.63, 3.8) is 0 Å². The van der Waals surface area contributed by atoms with Crippen LogP contribution >= 0.6 is 27.8 Å². The van der Waals surface area contributed by atoms with Crippen molar-refractivity contribution in [1.82, 2.24) is 0 Å². The first-order chi connectivity index (χ1) is 13.0. The summed E-state index contributed by atoms with van der Waals surface area (Å²) in [5, 5.41) is -2.49. The van der Waals surface area contributed by atoms with E-state index >= 15 is 0 Å². The number of halogens is 2. The molecule has 0 aromatic heterocycles. The van der Waals surface area contributed by atoms with E-state index in [2.05, 4.69) is 20.8 Å². The Labute approximate surface area is 182 Å². The summed E-state index contributed by atoms with van der Waals surface area (Å²) < 4.78 is 0. The zero-order valence-corrected chi connectivity index (χ0v) is 21.5. The molecule has 0 aliphatic heterocycles. The molecule has 0 amide bonds. The van der Waals surface area contributed by atoms with Crippen LogP contribution in [0.5, 0.6) is 0 Å². The Bertz CT molecular complexity index is 270. The molecule has 27 heavy (non-hydrogen) atoms. The normalized spacial score (nSPS) is 13.6. The molecule has 0 aromatic carbocycles. The van der Waals surface area contributed by atoms with E-state index in [1.54, 1.807) is 0 Å². The van der Waals surface area contributed by atoms with Crippen LogP contribution in [0.1, 0.15) is 136 Å². The molecule has 3 heteroatoms. The Hall–Kier alpha value is 1.01. The van der Waals surface area contributed by atoms with Crippen molar-refractivity contribution in [2.24, 2.45) is 0 Å². The van der Waals surface area contributed by atoms with Gasteiger partial charge in [-0.1, -0.05) is 0 Å². The third-order valence-electron chi connectivity index (χ3n) is 5.99. The molecule has 0 radical (unpaired) electrons. The average molecular weight is 442 g/mol. The van der Waals surface area contributed by atoms with Gasteiger partial charge in [0.1, 0.15) is 0 Å². The third kappa shape index (κ3) is 17.6. The maximum absolute atomic E-state index is 7.31. The Morgan fingerprint density at radius 2 is 0.593 bits per heavy atom. The first-order valence-electron chi connectivity index (χ1n) is 12.4. The Morgan fingerprint density at radius 3 is 0.852 bits per heavy atom. The monoisotopic (exact) mass is 440 g/mol. The topological polar surface area (TPSA) is 0 Å². The first kappa shape index (κ1) is 28.0. The Kier molecular flexibility index (Phi) is 18.5. The van der Waals surface area contributed by atoms with Crippen molar-refractivity contribution in [3.05, 3.63) is 0 Å². The summed E-state index contributed by atoms with van der Waals surface area (Å²) >= 11 is 14.6. The second-order valence-electron chi connectivity index (χ2n) is 8.93. The first-order valence-corrected chi connectivity index (χ1v) is 17.0. The average Bonchev–Trinajstić information content (AvgIpc) is 2.64. The zero-order valence-electron chi connectivity index (χ0n) is 19.1. The van der Waals surface area contributed by atoms with Crippen LogP contribution in [0.4, 0.5) is 0 Å². The number of unbranched alkanes of at least 4 members (excludes halogenated alkanes) is 15. The summed E-state index contributed by atoms with van der Waals surface area (Å²) in [7, 11) is 0. The molecule has 0 aliphatic carbocycles. The van der Waals surface area contributed by atoms with Gasteiger partial charge in [-0.15, -0.1) is 0 Å². The van der Waals surface area contributed by atoms with Crippen molar-refractivity contribution in [1.29, 1.82) is 0 Å². The minimum atomic E-state index is -2.49. The van der Waals surface area contributed by atoms with E-state index in [0.717, 1.165) is 18.5 Å². The molecular weight excluding hydrogens is 390 g/mol.